The number of rotatable bonds is 2. The Labute approximate surface area is 139 Å². The summed E-state index contributed by atoms with van der Waals surface area (Å²) in [5.41, 5.74) is 1.77. The van der Waals surface area contributed by atoms with Gasteiger partial charge in [-0.05, 0) is 30.2 Å². The molecule has 2 N–H and O–H groups in total. The monoisotopic (exact) mass is 326 g/mol. The zero-order valence-electron chi connectivity index (χ0n) is 13.1. The maximum absolute atomic E-state index is 12.2. The van der Waals surface area contributed by atoms with Crippen LogP contribution >= 0.6 is 0 Å². The minimum atomic E-state index is -0.264. The molecule has 2 aromatic carbocycles. The van der Waals surface area contributed by atoms with Crippen LogP contribution in [0.3, 0.4) is 0 Å². The fourth-order valence-electron chi connectivity index (χ4n) is 2.89. The molecule has 2 heterocycles. The van der Waals surface area contributed by atoms with Gasteiger partial charge >= 0.3 is 6.03 Å². The van der Waals surface area contributed by atoms with E-state index in [2.05, 4.69) is 10.6 Å². The average Bonchev–Trinajstić information content (AvgIpc) is 2.61. The highest BCUT2D eigenvalue weighted by atomic mass is 16.6. The number of carbonyl (C=O) groups is 1. The van der Waals surface area contributed by atoms with Crippen molar-refractivity contribution in [3.05, 3.63) is 48.0 Å². The third-order valence-electron chi connectivity index (χ3n) is 4.01. The van der Waals surface area contributed by atoms with E-state index in [0.717, 1.165) is 17.7 Å². The van der Waals surface area contributed by atoms with Gasteiger partial charge in [-0.15, -0.1) is 0 Å². The SMILES string of the molecule is O=C(Nc1ccc2c(c1)OCCO2)N[C@H]1COc2ccccc2C1. The molecule has 0 unspecified atom stereocenters. The number of hydrogen-bond donors (Lipinski definition) is 2. The van der Waals surface area contributed by atoms with Crippen molar-refractivity contribution < 1.29 is 19.0 Å². The van der Waals surface area contributed by atoms with Crippen molar-refractivity contribution in [2.45, 2.75) is 12.5 Å². The van der Waals surface area contributed by atoms with E-state index in [-0.39, 0.29) is 12.1 Å². The summed E-state index contributed by atoms with van der Waals surface area (Å²) >= 11 is 0. The Morgan fingerprint density at radius 1 is 0.958 bits per heavy atom. The summed E-state index contributed by atoms with van der Waals surface area (Å²) in [5.74, 6) is 2.24. The highest BCUT2D eigenvalue weighted by Crippen LogP contribution is 2.32. The summed E-state index contributed by atoms with van der Waals surface area (Å²) in [7, 11) is 0. The lowest BCUT2D eigenvalue weighted by Crippen LogP contribution is -2.44. The van der Waals surface area contributed by atoms with E-state index >= 15 is 0 Å². The largest absolute Gasteiger partial charge is 0.491 e. The van der Waals surface area contributed by atoms with Gasteiger partial charge in [-0.1, -0.05) is 18.2 Å². The van der Waals surface area contributed by atoms with Crippen LogP contribution in [0.1, 0.15) is 5.56 Å². The van der Waals surface area contributed by atoms with E-state index in [0.29, 0.717) is 37.0 Å². The van der Waals surface area contributed by atoms with Crippen molar-refractivity contribution in [2.24, 2.45) is 0 Å². The van der Waals surface area contributed by atoms with Crippen LogP contribution in [0.25, 0.3) is 0 Å². The third kappa shape index (κ3) is 3.08. The second-order valence-corrected chi connectivity index (χ2v) is 5.78. The number of para-hydroxylation sites is 1. The number of benzene rings is 2. The molecule has 0 fully saturated rings. The van der Waals surface area contributed by atoms with Gasteiger partial charge in [-0.25, -0.2) is 4.79 Å². The molecule has 0 aromatic heterocycles. The number of anilines is 1. The number of carbonyl (C=O) groups excluding carboxylic acids is 1. The first kappa shape index (κ1) is 14.7. The first-order chi connectivity index (χ1) is 11.8. The van der Waals surface area contributed by atoms with Crippen molar-refractivity contribution in [3.8, 4) is 17.2 Å². The predicted molar refractivity (Wildman–Crippen MR) is 89.0 cm³/mol. The molecular formula is C18H18N2O4. The van der Waals surface area contributed by atoms with E-state index in [1.165, 1.54) is 0 Å². The zero-order chi connectivity index (χ0) is 16.4. The zero-order valence-corrected chi connectivity index (χ0v) is 13.1. The van der Waals surface area contributed by atoms with Crippen LogP contribution in [-0.4, -0.2) is 31.9 Å². The van der Waals surface area contributed by atoms with Gasteiger partial charge in [0.2, 0.25) is 0 Å². The molecule has 0 saturated carbocycles. The van der Waals surface area contributed by atoms with E-state index in [9.17, 15) is 4.79 Å². The number of nitrogens with one attached hydrogen (secondary N) is 2. The van der Waals surface area contributed by atoms with Gasteiger partial charge in [-0.2, -0.15) is 0 Å². The van der Waals surface area contributed by atoms with Crippen LogP contribution in [0.15, 0.2) is 42.5 Å². The van der Waals surface area contributed by atoms with Crippen molar-refractivity contribution in [1.82, 2.24) is 5.32 Å². The molecule has 6 heteroatoms. The Bertz CT molecular complexity index is 762. The maximum atomic E-state index is 12.2. The quantitative estimate of drug-likeness (QED) is 0.890. The van der Waals surface area contributed by atoms with Crippen LogP contribution in [0.4, 0.5) is 10.5 Å². The smallest absolute Gasteiger partial charge is 0.319 e. The standard InChI is InChI=1S/C18H18N2O4/c21-18(19-13-5-6-16-17(10-13)23-8-7-22-16)20-14-9-12-3-1-2-4-15(12)24-11-14/h1-6,10,14H,7-9,11H2,(H2,19,20,21)/t14-/m1/s1. The van der Waals surface area contributed by atoms with Gasteiger partial charge in [0.1, 0.15) is 25.6 Å². The topological polar surface area (TPSA) is 68.8 Å². The molecule has 1 atom stereocenters. The second-order valence-electron chi connectivity index (χ2n) is 5.78. The number of ether oxygens (including phenoxy) is 3. The summed E-state index contributed by atoms with van der Waals surface area (Å²) in [6, 6.07) is 12.9. The molecule has 6 nitrogen and oxygen atoms in total. The van der Waals surface area contributed by atoms with Crippen molar-refractivity contribution in [1.29, 1.82) is 0 Å². The van der Waals surface area contributed by atoms with E-state index in [1.54, 1.807) is 18.2 Å². The van der Waals surface area contributed by atoms with Gasteiger partial charge in [0.05, 0.1) is 6.04 Å². The van der Waals surface area contributed by atoms with E-state index in [1.807, 2.05) is 24.3 Å². The Balaban J connectivity index is 1.37. The molecule has 2 aliphatic rings. The van der Waals surface area contributed by atoms with Gasteiger partial charge in [0.25, 0.3) is 0 Å². The Morgan fingerprint density at radius 3 is 2.71 bits per heavy atom. The molecule has 0 radical (unpaired) electrons. The summed E-state index contributed by atoms with van der Waals surface area (Å²) < 4.78 is 16.7. The highest BCUT2D eigenvalue weighted by molar-refractivity contribution is 5.90. The molecule has 0 spiro atoms. The second kappa shape index (κ2) is 6.31. The van der Waals surface area contributed by atoms with Crippen LogP contribution < -0.4 is 24.8 Å². The summed E-state index contributed by atoms with van der Waals surface area (Å²) in [6.45, 7) is 1.52. The fraction of sp³-hybridized carbons (Fsp3) is 0.278. The van der Waals surface area contributed by atoms with Crippen LogP contribution in [0, 0.1) is 0 Å². The Kier molecular flexibility index (Phi) is 3.86. The van der Waals surface area contributed by atoms with Crippen LogP contribution in [0.5, 0.6) is 17.2 Å². The van der Waals surface area contributed by atoms with Crippen molar-refractivity contribution in [3.63, 3.8) is 0 Å². The lowest BCUT2D eigenvalue weighted by molar-refractivity contribution is 0.171. The molecule has 2 aliphatic heterocycles. The third-order valence-corrected chi connectivity index (χ3v) is 4.01. The molecule has 0 bridgehead atoms. The van der Waals surface area contributed by atoms with Crippen LogP contribution in [-0.2, 0) is 6.42 Å². The lowest BCUT2D eigenvalue weighted by Gasteiger charge is -2.26. The number of hydrogen-bond acceptors (Lipinski definition) is 4. The van der Waals surface area contributed by atoms with Gasteiger partial charge in [-0.3, -0.25) is 0 Å². The number of urea groups is 1. The number of amides is 2. The highest BCUT2D eigenvalue weighted by Gasteiger charge is 2.21. The minimum Gasteiger partial charge on any atom is -0.491 e. The Hall–Kier alpha value is -2.89. The first-order valence-corrected chi connectivity index (χ1v) is 7.96. The summed E-state index contributed by atoms with van der Waals surface area (Å²) in [4.78, 5) is 12.2. The molecule has 0 aliphatic carbocycles. The van der Waals surface area contributed by atoms with E-state index < -0.39 is 0 Å². The number of fused-ring (bicyclic) bond motifs is 2. The molecule has 124 valence electrons. The van der Waals surface area contributed by atoms with Gasteiger partial charge < -0.3 is 24.8 Å². The Morgan fingerprint density at radius 2 is 1.79 bits per heavy atom. The lowest BCUT2D eigenvalue weighted by atomic mass is 10.0. The first-order valence-electron chi connectivity index (χ1n) is 7.96. The predicted octanol–water partition coefficient (Wildman–Crippen LogP) is 2.58. The molecule has 2 amide bonds. The fourth-order valence-corrected chi connectivity index (χ4v) is 2.89. The van der Waals surface area contributed by atoms with Gasteiger partial charge in [0.15, 0.2) is 11.5 Å². The normalized spacial score (nSPS) is 18.1. The summed E-state index contributed by atoms with van der Waals surface area (Å²) in [5, 5.41) is 5.76. The molecule has 24 heavy (non-hydrogen) atoms. The molecule has 2 aromatic rings. The minimum absolute atomic E-state index is 0.0582. The molecule has 0 saturated heterocycles. The molecule has 4 rings (SSSR count). The average molecular weight is 326 g/mol. The molecular weight excluding hydrogens is 308 g/mol. The van der Waals surface area contributed by atoms with Crippen molar-refractivity contribution in [2.75, 3.05) is 25.1 Å². The van der Waals surface area contributed by atoms with Crippen LogP contribution in [0.2, 0.25) is 0 Å². The van der Waals surface area contributed by atoms with Crippen molar-refractivity contribution >= 4 is 11.7 Å². The van der Waals surface area contributed by atoms with Gasteiger partial charge in [0, 0.05) is 11.8 Å². The van der Waals surface area contributed by atoms with E-state index in [4.69, 9.17) is 14.2 Å². The summed E-state index contributed by atoms with van der Waals surface area (Å²) in [6.07, 6.45) is 0.755. The maximum Gasteiger partial charge on any atom is 0.319 e.